The molecule has 18 N–H and O–H groups in total. The van der Waals surface area contributed by atoms with E-state index in [0.717, 1.165) is 29.0 Å². The van der Waals surface area contributed by atoms with Gasteiger partial charge >= 0.3 is 5.97 Å². The van der Waals surface area contributed by atoms with Gasteiger partial charge in [0.1, 0.15) is 78.2 Å². The van der Waals surface area contributed by atoms with E-state index in [2.05, 4.69) is 4.98 Å². The number of carbonyl (C=O) groups is 1. The number of rotatable bonds is 9. The summed E-state index contributed by atoms with van der Waals surface area (Å²) in [6, 6.07) is 0.833. The van der Waals surface area contributed by atoms with Crippen LogP contribution in [0.4, 0.5) is 19.0 Å². The highest BCUT2D eigenvalue weighted by atomic mass is 19.1. The van der Waals surface area contributed by atoms with Gasteiger partial charge in [0.05, 0.1) is 23.7 Å². The predicted octanol–water partition coefficient (Wildman–Crippen LogP) is -5.40. The molecule has 3 aromatic rings. The lowest BCUT2D eigenvalue weighted by Crippen LogP contribution is -2.68. The molecule has 22 nitrogen and oxygen atoms in total. The van der Waals surface area contributed by atoms with E-state index in [0.29, 0.717) is 19.2 Å². The van der Waals surface area contributed by atoms with Crippen LogP contribution in [0.15, 0.2) is 35.3 Å². The average Bonchev–Trinajstić information content (AvgIpc) is 3.60. The maximum atomic E-state index is 14.8. The standard InChI is InChI=1S/C20H15F3N4O3.C18H36N4O11/c21-8-1-2-15(13(22)3-8)27-7-12(20(29)30)17(28)9-4-14(23)19(25-18(9)27)26-5-10-11(6-26)16(10)24;19-2-6-10(25)12(27)13(28)18(30-6)33-16-5(21)1-4(20)15(14(16)29)32-17-11(26)8(22)9(24)7(3-23)31-17/h1-4,7,10-11,16H,5-6,24H2,(H,29,30);4-18,23-29H,1-3,19-22H2/t10-,11+,16?;4-,5+,6-,7-,8+,9-,10-,11-,12+,13-,14-,15+,16-,17-,18-/m.1/s1. The normalized spacial score (nSPS) is 38.8. The molecule has 2 aromatic heterocycles. The second-order valence-electron chi connectivity index (χ2n) is 16.4. The number of hydrogen-bond donors (Lipinski definition) is 13. The minimum absolute atomic E-state index is 0.0272. The number of carboxylic acid groups (broad SMARTS) is 1. The highest BCUT2D eigenvalue weighted by Crippen LogP contribution is 2.45. The molecule has 2 aliphatic carbocycles. The molecule has 348 valence electrons. The van der Waals surface area contributed by atoms with Crippen LogP contribution in [0.3, 0.4) is 0 Å². The topological polar surface area (TPSA) is 384 Å². The maximum Gasteiger partial charge on any atom is 0.341 e. The Morgan fingerprint density at radius 2 is 1.40 bits per heavy atom. The van der Waals surface area contributed by atoms with Crippen LogP contribution in [0.1, 0.15) is 16.8 Å². The van der Waals surface area contributed by atoms with Gasteiger partial charge in [-0.2, -0.15) is 0 Å². The average molecular weight is 901 g/mol. The molecule has 5 aliphatic rings. The number of nitrogens with two attached hydrogens (primary N) is 5. The lowest BCUT2D eigenvalue weighted by Gasteiger charge is -2.48. The van der Waals surface area contributed by atoms with E-state index in [-0.39, 0.29) is 53.4 Å². The molecule has 3 saturated heterocycles. The Morgan fingerprint density at radius 3 is 1.97 bits per heavy atom. The summed E-state index contributed by atoms with van der Waals surface area (Å²) in [7, 11) is 0. The number of aliphatic hydroxyl groups excluding tert-OH is 7. The Morgan fingerprint density at radius 1 is 0.794 bits per heavy atom. The Kier molecular flexibility index (Phi) is 13.8. The summed E-state index contributed by atoms with van der Waals surface area (Å²) < 4.78 is 65.9. The van der Waals surface area contributed by atoms with Crippen molar-refractivity contribution in [3.63, 3.8) is 0 Å². The van der Waals surface area contributed by atoms with Crippen molar-refractivity contribution in [1.82, 2.24) is 9.55 Å². The first-order chi connectivity index (χ1) is 29.8. The third-order valence-electron chi connectivity index (χ3n) is 12.4. The highest BCUT2D eigenvalue weighted by Gasteiger charge is 2.55. The van der Waals surface area contributed by atoms with E-state index in [9.17, 15) is 63.6 Å². The van der Waals surface area contributed by atoms with Crippen LogP contribution in [0.2, 0.25) is 0 Å². The molecule has 0 amide bonds. The Hall–Kier alpha value is -4.00. The lowest BCUT2D eigenvalue weighted by molar-refractivity contribution is -0.332. The van der Waals surface area contributed by atoms with Crippen molar-refractivity contribution in [1.29, 1.82) is 0 Å². The highest BCUT2D eigenvalue weighted by molar-refractivity contribution is 5.92. The van der Waals surface area contributed by atoms with Crippen LogP contribution in [-0.4, -0.2) is 180 Å². The fourth-order valence-corrected chi connectivity index (χ4v) is 8.59. The molecule has 8 rings (SSSR count). The zero-order valence-corrected chi connectivity index (χ0v) is 33.2. The molecule has 0 bridgehead atoms. The zero-order valence-electron chi connectivity index (χ0n) is 33.2. The van der Waals surface area contributed by atoms with Gasteiger partial charge in [-0.05, 0) is 36.5 Å². The lowest BCUT2D eigenvalue weighted by atomic mass is 9.84. The number of nitrogens with zero attached hydrogens (tertiary/aromatic N) is 3. The molecule has 25 heteroatoms. The number of ether oxygens (including phenoxy) is 4. The summed E-state index contributed by atoms with van der Waals surface area (Å²) in [6.07, 6.45) is -15.5. The molecule has 1 aromatic carbocycles. The van der Waals surface area contributed by atoms with Gasteiger partial charge in [-0.3, -0.25) is 9.36 Å². The van der Waals surface area contributed by atoms with Gasteiger partial charge in [-0.1, -0.05) is 0 Å². The van der Waals surface area contributed by atoms with Gasteiger partial charge in [0.25, 0.3) is 0 Å². The second-order valence-corrected chi connectivity index (χ2v) is 16.4. The van der Waals surface area contributed by atoms with Crippen LogP contribution >= 0.6 is 0 Å². The van der Waals surface area contributed by atoms with Gasteiger partial charge in [0, 0.05) is 50.0 Å². The number of aliphatic hydroxyl groups is 7. The number of aromatic nitrogens is 2. The fourth-order valence-electron chi connectivity index (χ4n) is 8.59. The zero-order chi connectivity index (χ0) is 45.9. The molecule has 5 fully saturated rings. The maximum absolute atomic E-state index is 14.8. The third-order valence-corrected chi connectivity index (χ3v) is 12.4. The van der Waals surface area contributed by atoms with Crippen molar-refractivity contribution in [2.75, 3.05) is 31.1 Å². The van der Waals surface area contributed by atoms with Gasteiger partial charge in [0.15, 0.2) is 29.9 Å². The van der Waals surface area contributed by atoms with Gasteiger partial charge in [-0.15, -0.1) is 0 Å². The molecule has 3 aliphatic heterocycles. The molecule has 63 heavy (non-hydrogen) atoms. The number of hydrogen-bond acceptors (Lipinski definition) is 20. The van der Waals surface area contributed by atoms with Crippen molar-refractivity contribution < 1.29 is 77.8 Å². The Labute approximate surface area is 355 Å². The fraction of sp³-hybridized carbons (Fsp3) is 0.605. The number of piperidine rings is 1. The first-order valence-corrected chi connectivity index (χ1v) is 20.0. The number of aromatic carboxylic acids is 1. The molecule has 18 atom stereocenters. The van der Waals surface area contributed by atoms with Crippen molar-refractivity contribution in [2.24, 2.45) is 40.5 Å². The van der Waals surface area contributed by atoms with Crippen molar-refractivity contribution >= 4 is 22.8 Å². The van der Waals surface area contributed by atoms with Crippen LogP contribution < -0.4 is 39.0 Å². The third kappa shape index (κ3) is 8.89. The number of fused-ring (bicyclic) bond motifs is 2. The summed E-state index contributed by atoms with van der Waals surface area (Å²) in [5.74, 6) is -3.70. The monoisotopic (exact) mass is 900 g/mol. The molecular weight excluding hydrogens is 849 g/mol. The smallest absolute Gasteiger partial charge is 0.341 e. The minimum Gasteiger partial charge on any atom is -0.477 e. The summed E-state index contributed by atoms with van der Waals surface area (Å²) >= 11 is 0. The van der Waals surface area contributed by atoms with Crippen molar-refractivity contribution in [3.05, 3.63) is 63.7 Å². The van der Waals surface area contributed by atoms with Crippen LogP contribution in [0.25, 0.3) is 16.7 Å². The summed E-state index contributed by atoms with van der Waals surface area (Å²) in [5.41, 5.74) is 27.4. The quantitative estimate of drug-likeness (QED) is 0.0953. The van der Waals surface area contributed by atoms with Crippen molar-refractivity contribution in [2.45, 2.75) is 104 Å². The molecule has 0 radical (unpaired) electrons. The van der Waals surface area contributed by atoms with Gasteiger partial charge in [0.2, 0.25) is 5.43 Å². The van der Waals surface area contributed by atoms with E-state index < -0.39 is 133 Å². The number of benzene rings is 1. The van der Waals surface area contributed by atoms with Crippen LogP contribution in [0, 0.1) is 29.3 Å². The summed E-state index contributed by atoms with van der Waals surface area (Å²) in [6.45, 7) is 0.244. The van der Waals surface area contributed by atoms with Crippen LogP contribution in [0.5, 0.6) is 0 Å². The molecule has 0 spiro atoms. The summed E-state index contributed by atoms with van der Waals surface area (Å²) in [5, 5.41) is 79.9. The van der Waals surface area contributed by atoms with Crippen LogP contribution in [-0.2, 0) is 18.9 Å². The first-order valence-electron chi connectivity index (χ1n) is 20.0. The van der Waals surface area contributed by atoms with E-state index >= 15 is 0 Å². The van der Waals surface area contributed by atoms with Gasteiger partial charge in [-0.25, -0.2) is 22.9 Å². The molecule has 2 saturated carbocycles. The number of halogens is 3. The number of carboxylic acids is 1. The first kappa shape index (κ1) is 47.0. The number of anilines is 1. The minimum atomic E-state index is -1.66. The molecular formula is C38H51F3N8O14. The summed E-state index contributed by atoms with van der Waals surface area (Å²) in [4.78, 5) is 30.1. The van der Waals surface area contributed by atoms with Gasteiger partial charge < -0.3 is 93.4 Å². The van der Waals surface area contributed by atoms with E-state index in [1.165, 1.54) is 0 Å². The van der Waals surface area contributed by atoms with E-state index in [1.807, 2.05) is 0 Å². The largest absolute Gasteiger partial charge is 0.477 e. The second kappa shape index (κ2) is 18.5. The Balaban J connectivity index is 0.000000189. The number of pyridine rings is 2. The molecule has 1 unspecified atom stereocenters. The molecule has 5 heterocycles. The van der Waals surface area contributed by atoms with Crippen molar-refractivity contribution in [3.8, 4) is 5.69 Å². The Bertz CT molecular complexity index is 2150. The SMILES string of the molecule is NC1[C@H]2CN(c3nc4c(cc3F)c(=O)c(C(=O)O)cn4-c3ccc(F)cc3F)C[C@@H]12.NC[C@H]1O[C@H](O[C@H]2[C@H](O)[C@@H](O[C@H]3O[C@H](CO)[C@@H](O)[C@H](N)[C@H]3O)[C@H](N)C[C@@H]2N)[C@H](O)[C@@H](O)[C@@H]1O. The predicted molar refractivity (Wildman–Crippen MR) is 209 cm³/mol. The van der Waals surface area contributed by atoms with E-state index in [4.69, 9.17) is 47.6 Å². The van der Waals surface area contributed by atoms with E-state index in [1.54, 1.807) is 4.90 Å².